The number of piperidine rings is 1. The first-order valence-corrected chi connectivity index (χ1v) is 8.59. The molecule has 1 aromatic carbocycles. The van der Waals surface area contributed by atoms with Gasteiger partial charge in [0.25, 0.3) is 5.91 Å². The molecule has 1 amide bonds. The van der Waals surface area contributed by atoms with Crippen LogP contribution in [0.3, 0.4) is 0 Å². The first-order chi connectivity index (χ1) is 10.6. The van der Waals surface area contributed by atoms with Crippen molar-refractivity contribution in [2.45, 2.75) is 25.8 Å². The van der Waals surface area contributed by atoms with Crippen LogP contribution in [-0.4, -0.2) is 34.9 Å². The lowest BCUT2D eigenvalue weighted by Crippen LogP contribution is -2.42. The van der Waals surface area contributed by atoms with E-state index in [-0.39, 0.29) is 36.8 Å². The number of carbonyl (C=O) groups excluding carboxylic acids is 1. The second-order valence-corrected chi connectivity index (χ2v) is 6.75. The van der Waals surface area contributed by atoms with E-state index >= 15 is 0 Å². The van der Waals surface area contributed by atoms with Crippen LogP contribution in [0.1, 0.15) is 30.3 Å². The third-order valence-electron chi connectivity index (χ3n) is 4.31. The van der Waals surface area contributed by atoms with E-state index in [1.165, 1.54) is 11.3 Å². The van der Waals surface area contributed by atoms with E-state index in [0.29, 0.717) is 11.6 Å². The lowest BCUT2D eigenvalue weighted by Gasteiger charge is -2.33. The molecule has 4 nitrogen and oxygen atoms in total. The maximum atomic E-state index is 12.6. The summed E-state index contributed by atoms with van der Waals surface area (Å²) < 4.78 is 0. The van der Waals surface area contributed by atoms with Gasteiger partial charge in [-0.05, 0) is 25.7 Å². The molecule has 1 atom stereocenters. The molecule has 1 saturated heterocycles. The Morgan fingerprint density at radius 1 is 1.25 bits per heavy atom. The maximum Gasteiger partial charge on any atom is 0.273 e. The number of likely N-dealkylation sites (tertiary alicyclic amines) is 1. The Balaban J connectivity index is 0.00000144. The first-order valence-electron chi connectivity index (χ1n) is 7.71. The normalized spacial score (nSPS) is 16.0. The van der Waals surface area contributed by atoms with Crippen molar-refractivity contribution in [2.24, 2.45) is 11.7 Å². The van der Waals surface area contributed by atoms with Gasteiger partial charge in [0.05, 0.1) is 0 Å². The summed E-state index contributed by atoms with van der Waals surface area (Å²) in [5.74, 6) is 0.570. The Morgan fingerprint density at radius 3 is 2.46 bits per heavy atom. The fourth-order valence-corrected chi connectivity index (χ4v) is 3.68. The lowest BCUT2D eigenvalue weighted by atomic mass is 9.91. The average Bonchev–Trinajstić information content (AvgIpc) is 3.05. The molecule has 7 heteroatoms. The number of hydrogen-bond donors (Lipinski definition) is 1. The molecule has 1 aliphatic heterocycles. The van der Waals surface area contributed by atoms with Gasteiger partial charge in [-0.25, -0.2) is 4.98 Å². The van der Waals surface area contributed by atoms with Gasteiger partial charge in [0.15, 0.2) is 0 Å². The fraction of sp³-hybridized carbons (Fsp3) is 0.412. The maximum absolute atomic E-state index is 12.6. The molecule has 1 unspecified atom stereocenters. The molecule has 0 saturated carbocycles. The number of hydrogen-bond acceptors (Lipinski definition) is 4. The van der Waals surface area contributed by atoms with Crippen molar-refractivity contribution in [1.82, 2.24) is 9.88 Å². The molecule has 0 bridgehead atoms. The summed E-state index contributed by atoms with van der Waals surface area (Å²) in [6, 6.07) is 10.2. The van der Waals surface area contributed by atoms with E-state index in [4.69, 9.17) is 5.73 Å². The Kier molecular flexibility index (Phi) is 8.16. The van der Waals surface area contributed by atoms with Gasteiger partial charge in [-0.2, -0.15) is 0 Å². The summed E-state index contributed by atoms with van der Waals surface area (Å²) in [5, 5.41) is 2.76. The van der Waals surface area contributed by atoms with Crippen LogP contribution in [0, 0.1) is 5.92 Å². The quantitative estimate of drug-likeness (QED) is 0.869. The summed E-state index contributed by atoms with van der Waals surface area (Å²) in [6.45, 7) is 3.61. The van der Waals surface area contributed by atoms with Crippen molar-refractivity contribution < 1.29 is 4.79 Å². The van der Waals surface area contributed by atoms with Crippen LogP contribution in [0.4, 0.5) is 0 Å². The molecule has 2 aromatic rings. The summed E-state index contributed by atoms with van der Waals surface area (Å²) in [7, 11) is 0. The lowest BCUT2D eigenvalue weighted by molar-refractivity contribution is 0.0676. The van der Waals surface area contributed by atoms with Crippen molar-refractivity contribution in [3.63, 3.8) is 0 Å². The minimum Gasteiger partial charge on any atom is -0.337 e. The highest BCUT2D eigenvalue weighted by Crippen LogP contribution is 2.25. The Bertz CT molecular complexity index is 640. The SMILES string of the molecule is CC(N)C1CCN(C(=O)c2csc(-c3ccccc3)n2)CC1.Cl.Cl. The van der Waals surface area contributed by atoms with Crippen LogP contribution in [0.5, 0.6) is 0 Å². The number of nitrogens with two attached hydrogens (primary N) is 1. The van der Waals surface area contributed by atoms with E-state index in [9.17, 15) is 4.79 Å². The zero-order valence-corrected chi connectivity index (χ0v) is 16.0. The number of aromatic nitrogens is 1. The van der Waals surface area contributed by atoms with E-state index in [2.05, 4.69) is 11.9 Å². The van der Waals surface area contributed by atoms with Crippen LogP contribution in [-0.2, 0) is 0 Å². The average molecular weight is 388 g/mol. The van der Waals surface area contributed by atoms with Gasteiger partial charge in [0.2, 0.25) is 0 Å². The van der Waals surface area contributed by atoms with Crippen molar-refractivity contribution in [3.8, 4) is 10.6 Å². The Labute approximate surface area is 159 Å². The van der Waals surface area contributed by atoms with Gasteiger partial charge in [0.1, 0.15) is 10.7 Å². The third-order valence-corrected chi connectivity index (χ3v) is 5.21. The molecule has 1 aliphatic rings. The van der Waals surface area contributed by atoms with Crippen LogP contribution >= 0.6 is 36.2 Å². The largest absolute Gasteiger partial charge is 0.337 e. The highest BCUT2D eigenvalue weighted by Gasteiger charge is 2.26. The summed E-state index contributed by atoms with van der Waals surface area (Å²) >= 11 is 1.52. The number of carbonyl (C=O) groups is 1. The van der Waals surface area contributed by atoms with Gasteiger partial charge in [-0.1, -0.05) is 30.3 Å². The molecule has 2 heterocycles. The number of rotatable bonds is 3. The molecule has 1 fully saturated rings. The van der Waals surface area contributed by atoms with Gasteiger partial charge in [0, 0.05) is 30.1 Å². The van der Waals surface area contributed by atoms with Crippen LogP contribution in [0.2, 0.25) is 0 Å². The summed E-state index contributed by atoms with van der Waals surface area (Å²) in [4.78, 5) is 19.0. The molecule has 3 rings (SSSR count). The van der Waals surface area contributed by atoms with Crippen molar-refractivity contribution in [1.29, 1.82) is 0 Å². The van der Waals surface area contributed by atoms with Crippen molar-refractivity contribution in [2.75, 3.05) is 13.1 Å². The molecular formula is C17H23Cl2N3OS. The number of amides is 1. The van der Waals surface area contributed by atoms with Crippen molar-refractivity contribution in [3.05, 3.63) is 41.4 Å². The van der Waals surface area contributed by atoms with E-state index in [0.717, 1.165) is 36.5 Å². The minimum absolute atomic E-state index is 0. The predicted octanol–water partition coefficient (Wildman–Crippen LogP) is 3.85. The van der Waals surface area contributed by atoms with Crippen LogP contribution in [0.25, 0.3) is 10.6 Å². The number of nitrogens with zero attached hydrogens (tertiary/aromatic N) is 2. The van der Waals surface area contributed by atoms with Crippen LogP contribution in [0.15, 0.2) is 35.7 Å². The molecule has 24 heavy (non-hydrogen) atoms. The predicted molar refractivity (Wildman–Crippen MR) is 104 cm³/mol. The molecule has 2 N–H and O–H groups in total. The number of thiazole rings is 1. The zero-order valence-electron chi connectivity index (χ0n) is 13.6. The zero-order chi connectivity index (χ0) is 15.5. The molecular weight excluding hydrogens is 365 g/mol. The standard InChI is InChI=1S/C17H21N3OS.2ClH/c1-12(18)13-7-9-20(10-8-13)17(21)15-11-22-16(19-15)14-5-3-2-4-6-14;;/h2-6,11-13H,7-10,18H2,1H3;2*1H. The van der Waals surface area contributed by atoms with E-state index in [1.54, 1.807) is 0 Å². The molecule has 0 radical (unpaired) electrons. The van der Waals surface area contributed by atoms with Gasteiger partial charge >= 0.3 is 0 Å². The Hall–Kier alpha value is -1.14. The minimum atomic E-state index is 0. The van der Waals surface area contributed by atoms with Gasteiger partial charge in [-0.3, -0.25) is 4.79 Å². The van der Waals surface area contributed by atoms with E-state index in [1.807, 2.05) is 40.6 Å². The van der Waals surface area contributed by atoms with Crippen molar-refractivity contribution >= 4 is 42.1 Å². The highest BCUT2D eigenvalue weighted by atomic mass is 35.5. The third kappa shape index (κ3) is 4.70. The molecule has 132 valence electrons. The van der Waals surface area contributed by atoms with Gasteiger partial charge in [-0.15, -0.1) is 36.2 Å². The highest BCUT2D eigenvalue weighted by molar-refractivity contribution is 7.13. The smallest absolute Gasteiger partial charge is 0.273 e. The number of halogens is 2. The first kappa shape index (κ1) is 20.9. The second-order valence-electron chi connectivity index (χ2n) is 5.89. The molecule has 1 aromatic heterocycles. The van der Waals surface area contributed by atoms with E-state index < -0.39 is 0 Å². The summed E-state index contributed by atoms with van der Waals surface area (Å²) in [6.07, 6.45) is 1.97. The monoisotopic (exact) mass is 387 g/mol. The fourth-order valence-electron chi connectivity index (χ4n) is 2.88. The van der Waals surface area contributed by atoms with Crippen LogP contribution < -0.4 is 5.73 Å². The summed E-state index contributed by atoms with van der Waals surface area (Å²) in [5.41, 5.74) is 7.57. The topological polar surface area (TPSA) is 59.2 Å². The molecule has 0 spiro atoms. The number of benzene rings is 1. The Morgan fingerprint density at radius 2 is 1.88 bits per heavy atom. The molecule has 0 aliphatic carbocycles. The van der Waals surface area contributed by atoms with Gasteiger partial charge < -0.3 is 10.6 Å². The second kappa shape index (κ2) is 9.37.